The van der Waals surface area contributed by atoms with Crippen LogP contribution in [-0.2, 0) is 4.74 Å². The lowest BCUT2D eigenvalue weighted by atomic mass is 10.1. The van der Waals surface area contributed by atoms with Crippen LogP contribution in [-0.4, -0.2) is 49.9 Å². The van der Waals surface area contributed by atoms with Crippen LogP contribution >= 0.6 is 0 Å². The second kappa shape index (κ2) is 10.5. The first-order valence-corrected chi connectivity index (χ1v) is 9.63. The molecule has 154 valence electrons. The van der Waals surface area contributed by atoms with E-state index in [9.17, 15) is 0 Å². The van der Waals surface area contributed by atoms with Gasteiger partial charge in [0.15, 0.2) is 0 Å². The maximum atomic E-state index is 5.77. The zero-order chi connectivity index (χ0) is 20.5. The van der Waals surface area contributed by atoms with Crippen LogP contribution < -0.4 is 19.9 Å². The van der Waals surface area contributed by atoms with Crippen molar-refractivity contribution in [2.45, 2.75) is 6.92 Å². The number of methoxy groups -OCH3 is 1. The highest BCUT2D eigenvalue weighted by Gasteiger charge is 2.13. The Kier molecular flexibility index (Phi) is 7.49. The van der Waals surface area contributed by atoms with Crippen LogP contribution in [0.1, 0.15) is 6.92 Å². The molecular formula is C22H27N3O4. The lowest BCUT2D eigenvalue weighted by Gasteiger charge is -2.09. The number of aromatic nitrogens is 2. The molecule has 0 aliphatic rings. The molecule has 0 saturated carbocycles. The van der Waals surface area contributed by atoms with E-state index < -0.39 is 0 Å². The van der Waals surface area contributed by atoms with E-state index in [4.69, 9.17) is 24.7 Å². The summed E-state index contributed by atoms with van der Waals surface area (Å²) in [7, 11) is 1.65. The van der Waals surface area contributed by atoms with Crippen LogP contribution in [0.2, 0.25) is 0 Å². The Labute approximate surface area is 171 Å². The van der Waals surface area contributed by atoms with Crippen LogP contribution in [0.25, 0.3) is 16.9 Å². The molecule has 0 aliphatic heterocycles. The summed E-state index contributed by atoms with van der Waals surface area (Å²) in [6.07, 6.45) is 0. The van der Waals surface area contributed by atoms with Crippen molar-refractivity contribution < 1.29 is 18.9 Å². The molecule has 7 nitrogen and oxygen atoms in total. The van der Waals surface area contributed by atoms with Gasteiger partial charge in [-0.2, -0.15) is 0 Å². The molecule has 0 atom stereocenters. The summed E-state index contributed by atoms with van der Waals surface area (Å²) >= 11 is 0. The summed E-state index contributed by atoms with van der Waals surface area (Å²) < 4.78 is 23.8. The third-order valence-corrected chi connectivity index (χ3v) is 4.22. The van der Waals surface area contributed by atoms with Crippen molar-refractivity contribution in [3.63, 3.8) is 0 Å². The average Bonchev–Trinajstić information content (AvgIpc) is 3.20. The fourth-order valence-electron chi connectivity index (χ4n) is 2.80. The second-order valence-electron chi connectivity index (χ2n) is 6.18. The normalized spacial score (nSPS) is 10.7. The highest BCUT2D eigenvalue weighted by Crippen LogP contribution is 2.29. The molecule has 0 amide bonds. The smallest absolute Gasteiger partial charge is 0.233 e. The zero-order valence-corrected chi connectivity index (χ0v) is 16.8. The molecule has 0 unspecified atom stereocenters. The quantitative estimate of drug-likeness (QED) is 0.500. The van der Waals surface area contributed by atoms with Crippen molar-refractivity contribution in [1.82, 2.24) is 9.78 Å². The van der Waals surface area contributed by atoms with Gasteiger partial charge in [-0.05, 0) is 55.5 Å². The Bertz CT molecular complexity index is 876. The van der Waals surface area contributed by atoms with Gasteiger partial charge in [0.05, 0.1) is 25.1 Å². The maximum absolute atomic E-state index is 5.77. The Morgan fingerprint density at radius 1 is 0.897 bits per heavy atom. The van der Waals surface area contributed by atoms with E-state index in [0.717, 1.165) is 28.4 Å². The molecular weight excluding hydrogens is 370 g/mol. The van der Waals surface area contributed by atoms with Crippen LogP contribution in [0.15, 0.2) is 54.6 Å². The molecule has 1 aromatic heterocycles. The molecule has 2 aromatic carbocycles. The largest absolute Gasteiger partial charge is 0.497 e. The molecule has 0 spiro atoms. The summed E-state index contributed by atoms with van der Waals surface area (Å²) in [5.74, 6) is 2.11. The predicted molar refractivity (Wildman–Crippen MR) is 112 cm³/mol. The van der Waals surface area contributed by atoms with Gasteiger partial charge in [-0.25, -0.2) is 4.68 Å². The lowest BCUT2D eigenvalue weighted by molar-refractivity contribution is 0.108. The van der Waals surface area contributed by atoms with Crippen LogP contribution in [0.5, 0.6) is 17.4 Å². The summed E-state index contributed by atoms with van der Waals surface area (Å²) in [6, 6.07) is 17.5. The van der Waals surface area contributed by atoms with Gasteiger partial charge in [0.25, 0.3) is 0 Å². The molecule has 3 aromatic rings. The van der Waals surface area contributed by atoms with Crippen molar-refractivity contribution in [3.8, 4) is 34.3 Å². The average molecular weight is 397 g/mol. The minimum atomic E-state index is 0.443. The minimum Gasteiger partial charge on any atom is -0.497 e. The summed E-state index contributed by atoms with van der Waals surface area (Å²) in [4.78, 5) is 0. The Hall–Kier alpha value is -3.03. The molecule has 0 fully saturated rings. The van der Waals surface area contributed by atoms with E-state index in [1.165, 1.54) is 0 Å². The predicted octanol–water partition coefficient (Wildman–Crippen LogP) is 3.30. The molecule has 0 radical (unpaired) electrons. The van der Waals surface area contributed by atoms with E-state index >= 15 is 0 Å². The van der Waals surface area contributed by atoms with Gasteiger partial charge >= 0.3 is 0 Å². The molecule has 3 rings (SSSR count). The topological polar surface area (TPSA) is 80.8 Å². The third-order valence-electron chi connectivity index (χ3n) is 4.22. The van der Waals surface area contributed by atoms with Gasteiger partial charge in [-0.3, -0.25) is 0 Å². The van der Waals surface area contributed by atoms with Gasteiger partial charge < -0.3 is 24.7 Å². The Balaban J connectivity index is 1.89. The number of rotatable bonds is 11. The summed E-state index contributed by atoms with van der Waals surface area (Å²) in [6.45, 7) is 4.55. The fourth-order valence-corrected chi connectivity index (χ4v) is 2.80. The van der Waals surface area contributed by atoms with Crippen molar-refractivity contribution in [1.29, 1.82) is 0 Å². The van der Waals surface area contributed by atoms with Crippen molar-refractivity contribution >= 4 is 0 Å². The van der Waals surface area contributed by atoms with E-state index in [-0.39, 0.29) is 0 Å². The maximum Gasteiger partial charge on any atom is 0.233 e. The number of nitrogens with two attached hydrogens (primary N) is 1. The number of nitrogens with zero attached hydrogens (tertiary/aromatic N) is 2. The number of hydrogen-bond acceptors (Lipinski definition) is 6. The lowest BCUT2D eigenvalue weighted by Crippen LogP contribution is -2.10. The first-order chi connectivity index (χ1) is 14.2. The van der Waals surface area contributed by atoms with Crippen molar-refractivity contribution in [3.05, 3.63) is 54.6 Å². The van der Waals surface area contributed by atoms with Gasteiger partial charge in [-0.1, -0.05) is 0 Å². The van der Waals surface area contributed by atoms with Crippen LogP contribution in [0.3, 0.4) is 0 Å². The monoisotopic (exact) mass is 397 g/mol. The van der Waals surface area contributed by atoms with Gasteiger partial charge in [-0.15, -0.1) is 5.10 Å². The summed E-state index contributed by atoms with van der Waals surface area (Å²) in [5.41, 5.74) is 8.30. The van der Waals surface area contributed by atoms with Gasteiger partial charge in [0, 0.05) is 24.8 Å². The molecule has 7 heteroatoms. The molecule has 29 heavy (non-hydrogen) atoms. The second-order valence-corrected chi connectivity index (χ2v) is 6.18. The zero-order valence-electron chi connectivity index (χ0n) is 16.8. The molecule has 0 saturated heterocycles. The highest BCUT2D eigenvalue weighted by molar-refractivity contribution is 5.64. The Morgan fingerprint density at radius 3 is 2.28 bits per heavy atom. The SMILES string of the molecule is CCOCCOc1cc(-c2ccc(OCCN)cc2)n(-c2ccc(OC)cc2)n1. The van der Waals surface area contributed by atoms with Crippen molar-refractivity contribution in [2.24, 2.45) is 5.73 Å². The standard InChI is InChI=1S/C22H27N3O4/c1-3-27-14-15-29-22-16-21(17-4-8-20(9-5-17)28-13-12-23)25(24-22)18-6-10-19(26-2)11-7-18/h4-11,16H,3,12-15,23H2,1-2H3. The molecule has 0 aliphatic carbocycles. The number of benzene rings is 2. The van der Waals surface area contributed by atoms with E-state index in [1.807, 2.05) is 66.2 Å². The first kappa shape index (κ1) is 20.7. The number of hydrogen-bond donors (Lipinski definition) is 1. The van der Waals surface area contributed by atoms with Gasteiger partial charge in [0.1, 0.15) is 24.7 Å². The van der Waals surface area contributed by atoms with E-state index in [1.54, 1.807) is 7.11 Å². The van der Waals surface area contributed by atoms with E-state index in [2.05, 4.69) is 5.10 Å². The van der Waals surface area contributed by atoms with E-state index in [0.29, 0.717) is 38.9 Å². The van der Waals surface area contributed by atoms with Crippen LogP contribution in [0.4, 0.5) is 0 Å². The fraction of sp³-hybridized carbons (Fsp3) is 0.318. The molecule has 0 bridgehead atoms. The number of ether oxygens (including phenoxy) is 4. The van der Waals surface area contributed by atoms with Crippen LogP contribution in [0, 0.1) is 0 Å². The Morgan fingerprint density at radius 2 is 1.62 bits per heavy atom. The molecule has 2 N–H and O–H groups in total. The summed E-state index contributed by atoms with van der Waals surface area (Å²) in [5, 5.41) is 4.63. The first-order valence-electron chi connectivity index (χ1n) is 9.63. The van der Waals surface area contributed by atoms with Crippen molar-refractivity contribution in [2.75, 3.05) is 40.1 Å². The highest BCUT2D eigenvalue weighted by atomic mass is 16.5. The minimum absolute atomic E-state index is 0.443. The third kappa shape index (κ3) is 5.49. The molecule has 1 heterocycles. The van der Waals surface area contributed by atoms with Gasteiger partial charge in [0.2, 0.25) is 5.88 Å².